The fraction of sp³-hybridized carbons (Fsp3) is 0.312. The molecule has 1 amide bonds. The lowest BCUT2D eigenvalue weighted by atomic mass is 10.0. The number of nitrogens with zero attached hydrogens (tertiary/aromatic N) is 1. The number of nitrogens with one attached hydrogen (secondary N) is 2. The van der Waals surface area contributed by atoms with Crippen LogP contribution in [-0.2, 0) is 17.5 Å². The molecule has 0 aliphatic rings. The summed E-state index contributed by atoms with van der Waals surface area (Å²) in [5.41, 5.74) is -2.99. The van der Waals surface area contributed by atoms with Crippen LogP contribution in [-0.4, -0.2) is 15.9 Å². The van der Waals surface area contributed by atoms with Crippen LogP contribution in [0.4, 0.5) is 17.6 Å². The fourth-order valence-corrected chi connectivity index (χ4v) is 2.11. The van der Waals surface area contributed by atoms with Gasteiger partial charge in [-0.05, 0) is 6.07 Å². The molecule has 0 saturated carbocycles. The quantitative estimate of drug-likeness (QED) is 0.827. The van der Waals surface area contributed by atoms with Gasteiger partial charge in [-0.1, -0.05) is 19.9 Å². The number of benzene rings is 1. The summed E-state index contributed by atoms with van der Waals surface area (Å²) >= 11 is 0. The molecule has 0 saturated heterocycles. The topological polar surface area (TPSA) is 74.8 Å². The van der Waals surface area contributed by atoms with E-state index in [9.17, 15) is 27.2 Å². The molecule has 2 N–H and O–H groups in total. The zero-order chi connectivity index (χ0) is 18.8. The van der Waals surface area contributed by atoms with E-state index in [0.717, 1.165) is 18.3 Å². The van der Waals surface area contributed by atoms with E-state index in [1.54, 1.807) is 13.8 Å². The van der Waals surface area contributed by atoms with E-state index >= 15 is 0 Å². The summed E-state index contributed by atoms with van der Waals surface area (Å²) in [7, 11) is 0. The molecule has 0 unspecified atom stereocenters. The van der Waals surface area contributed by atoms with Crippen molar-refractivity contribution in [3.05, 3.63) is 51.7 Å². The predicted octanol–water partition coefficient (Wildman–Crippen LogP) is 2.87. The number of hydrogen-bond acceptors (Lipinski definition) is 3. The lowest BCUT2D eigenvalue weighted by Gasteiger charge is -2.16. The Labute approximate surface area is 140 Å². The number of carbonyl (C=O) groups excluding carboxylic acids is 1. The number of H-pyrrole nitrogens is 1. The van der Waals surface area contributed by atoms with Gasteiger partial charge in [-0.3, -0.25) is 9.59 Å². The van der Waals surface area contributed by atoms with Crippen molar-refractivity contribution in [1.82, 2.24) is 15.3 Å². The third-order valence-corrected chi connectivity index (χ3v) is 3.41. The Kier molecular flexibility index (Phi) is 5.24. The van der Waals surface area contributed by atoms with E-state index < -0.39 is 34.5 Å². The molecule has 0 radical (unpaired) electrons. The minimum Gasteiger partial charge on any atom is -0.352 e. The Balaban J connectivity index is 2.55. The second kappa shape index (κ2) is 7.04. The highest BCUT2D eigenvalue weighted by Gasteiger charge is 2.36. The predicted molar refractivity (Wildman–Crippen MR) is 81.9 cm³/mol. The summed E-state index contributed by atoms with van der Waals surface area (Å²) in [5, 5.41) is 2.43. The second-order valence-corrected chi connectivity index (χ2v) is 5.61. The van der Waals surface area contributed by atoms with Gasteiger partial charge in [0, 0.05) is 30.3 Å². The molecular weight excluding hydrogens is 342 g/mol. The van der Waals surface area contributed by atoms with Crippen LogP contribution in [0.25, 0.3) is 11.4 Å². The highest BCUT2D eigenvalue weighted by Crippen LogP contribution is 2.38. The molecule has 1 heterocycles. The van der Waals surface area contributed by atoms with Crippen molar-refractivity contribution in [3.63, 3.8) is 0 Å². The van der Waals surface area contributed by atoms with Gasteiger partial charge in [0.05, 0.1) is 11.1 Å². The molecule has 25 heavy (non-hydrogen) atoms. The Bertz CT molecular complexity index is 844. The van der Waals surface area contributed by atoms with E-state index in [-0.39, 0.29) is 23.9 Å². The number of aromatic nitrogens is 2. The summed E-state index contributed by atoms with van der Waals surface area (Å²) in [6.07, 6.45) is -3.86. The Morgan fingerprint density at radius 1 is 1.28 bits per heavy atom. The maximum atomic E-state index is 14.7. The molecule has 5 nitrogen and oxygen atoms in total. The van der Waals surface area contributed by atoms with Gasteiger partial charge in [0.1, 0.15) is 11.6 Å². The maximum absolute atomic E-state index is 14.7. The summed E-state index contributed by atoms with van der Waals surface area (Å²) in [5.74, 6) is -2.46. The highest BCUT2D eigenvalue weighted by atomic mass is 19.4. The van der Waals surface area contributed by atoms with Crippen LogP contribution >= 0.6 is 0 Å². The zero-order valence-electron chi connectivity index (χ0n) is 13.4. The Hall–Kier alpha value is -2.71. The molecule has 0 aliphatic carbocycles. The molecule has 2 aromatic rings. The second-order valence-electron chi connectivity index (χ2n) is 5.61. The SMILES string of the molecule is CC(C)C(=O)NCc1ccc(C(F)(F)F)c(-c2nccc(=O)[nH]2)c1F. The van der Waals surface area contributed by atoms with E-state index in [4.69, 9.17) is 0 Å². The smallest absolute Gasteiger partial charge is 0.352 e. The maximum Gasteiger partial charge on any atom is 0.417 e. The Morgan fingerprint density at radius 2 is 1.96 bits per heavy atom. The monoisotopic (exact) mass is 357 g/mol. The molecular formula is C16H15F4N3O2. The largest absolute Gasteiger partial charge is 0.417 e. The van der Waals surface area contributed by atoms with Crippen molar-refractivity contribution in [2.24, 2.45) is 5.92 Å². The van der Waals surface area contributed by atoms with Gasteiger partial charge >= 0.3 is 6.18 Å². The third-order valence-electron chi connectivity index (χ3n) is 3.41. The first-order valence-electron chi connectivity index (χ1n) is 7.33. The van der Waals surface area contributed by atoms with Gasteiger partial charge in [-0.15, -0.1) is 0 Å². The molecule has 134 valence electrons. The molecule has 1 aromatic heterocycles. The number of aromatic amines is 1. The van der Waals surface area contributed by atoms with Crippen LogP contribution in [0.15, 0.2) is 29.2 Å². The number of rotatable bonds is 4. The normalized spacial score (nSPS) is 11.6. The average molecular weight is 357 g/mol. The van der Waals surface area contributed by atoms with Crippen molar-refractivity contribution < 1.29 is 22.4 Å². The van der Waals surface area contributed by atoms with Gasteiger partial charge in [-0.2, -0.15) is 13.2 Å². The number of halogens is 4. The van der Waals surface area contributed by atoms with Crippen molar-refractivity contribution in [2.45, 2.75) is 26.6 Å². The lowest BCUT2D eigenvalue weighted by Crippen LogP contribution is -2.27. The van der Waals surface area contributed by atoms with Crippen molar-refractivity contribution in [2.75, 3.05) is 0 Å². The minimum atomic E-state index is -4.84. The number of amides is 1. The van der Waals surface area contributed by atoms with Crippen molar-refractivity contribution in [1.29, 1.82) is 0 Å². The standard InChI is InChI=1S/C16H15F4N3O2/c1-8(2)15(25)22-7-9-3-4-10(16(18,19)20)12(13(9)17)14-21-6-5-11(24)23-14/h3-6,8H,7H2,1-2H3,(H,22,25)(H,21,23,24). The van der Waals surface area contributed by atoms with Crippen LogP contribution in [0.5, 0.6) is 0 Å². The van der Waals surface area contributed by atoms with Gasteiger partial charge in [0.25, 0.3) is 5.56 Å². The number of alkyl halides is 3. The van der Waals surface area contributed by atoms with Gasteiger partial charge < -0.3 is 10.3 Å². The van der Waals surface area contributed by atoms with E-state index in [1.165, 1.54) is 0 Å². The molecule has 0 spiro atoms. The lowest BCUT2D eigenvalue weighted by molar-refractivity contribution is -0.137. The first-order valence-corrected chi connectivity index (χ1v) is 7.33. The third kappa shape index (κ3) is 4.23. The van der Waals surface area contributed by atoms with Crippen molar-refractivity contribution in [3.8, 4) is 11.4 Å². The molecule has 1 aromatic carbocycles. The van der Waals surface area contributed by atoms with Crippen LogP contribution in [0.3, 0.4) is 0 Å². The zero-order valence-corrected chi connectivity index (χ0v) is 13.4. The Morgan fingerprint density at radius 3 is 2.52 bits per heavy atom. The summed E-state index contributed by atoms with van der Waals surface area (Å²) < 4.78 is 54.3. The van der Waals surface area contributed by atoms with Crippen LogP contribution in [0.2, 0.25) is 0 Å². The van der Waals surface area contributed by atoms with E-state index in [2.05, 4.69) is 15.3 Å². The number of carbonyl (C=O) groups is 1. The first-order chi connectivity index (χ1) is 11.6. The molecule has 0 aliphatic heterocycles. The van der Waals surface area contributed by atoms with Gasteiger partial charge in [0.15, 0.2) is 0 Å². The molecule has 2 rings (SSSR count). The van der Waals surface area contributed by atoms with Gasteiger partial charge in [0.2, 0.25) is 5.91 Å². The highest BCUT2D eigenvalue weighted by molar-refractivity contribution is 5.77. The van der Waals surface area contributed by atoms with Gasteiger partial charge in [-0.25, -0.2) is 9.37 Å². The summed E-state index contributed by atoms with van der Waals surface area (Å²) in [6.45, 7) is 2.97. The first kappa shape index (κ1) is 18.6. The van der Waals surface area contributed by atoms with Crippen molar-refractivity contribution >= 4 is 5.91 Å². The summed E-state index contributed by atoms with van der Waals surface area (Å²) in [4.78, 5) is 28.7. The van der Waals surface area contributed by atoms with Crippen LogP contribution in [0, 0.1) is 11.7 Å². The molecule has 0 fully saturated rings. The fourth-order valence-electron chi connectivity index (χ4n) is 2.11. The number of hydrogen-bond donors (Lipinski definition) is 2. The molecule has 9 heteroatoms. The minimum absolute atomic E-state index is 0.150. The van der Waals surface area contributed by atoms with E-state index in [0.29, 0.717) is 6.07 Å². The average Bonchev–Trinajstić information content (AvgIpc) is 2.51. The summed E-state index contributed by atoms with van der Waals surface area (Å²) in [6, 6.07) is 2.65. The van der Waals surface area contributed by atoms with E-state index in [1.807, 2.05) is 0 Å². The van der Waals surface area contributed by atoms with Crippen LogP contribution in [0.1, 0.15) is 25.0 Å². The molecule has 0 bridgehead atoms. The van der Waals surface area contributed by atoms with Crippen LogP contribution < -0.4 is 10.9 Å². The molecule has 0 atom stereocenters.